The fraction of sp³-hybridized carbons (Fsp3) is 0.444. The van der Waals surface area contributed by atoms with Crippen LogP contribution in [0.3, 0.4) is 0 Å². The Balaban J connectivity index is 1.47. The van der Waals surface area contributed by atoms with Crippen molar-refractivity contribution in [3.8, 4) is 0 Å². The van der Waals surface area contributed by atoms with Crippen molar-refractivity contribution in [1.82, 2.24) is 25.3 Å². The third-order valence-corrected chi connectivity index (χ3v) is 5.15. The lowest BCUT2D eigenvalue weighted by Gasteiger charge is -2.27. The number of amides is 1. The van der Waals surface area contributed by atoms with Gasteiger partial charge in [-0.15, -0.1) is 0 Å². The molecule has 0 bridgehead atoms. The number of hydrogen-bond donors (Lipinski definition) is 2. The van der Waals surface area contributed by atoms with Gasteiger partial charge in [-0.2, -0.15) is 0 Å². The van der Waals surface area contributed by atoms with Crippen LogP contribution in [0, 0.1) is 0 Å². The molecule has 0 saturated carbocycles. The molecular weight excluding hydrogens is 302 g/mol. The number of carbonyl (C=O) groups is 1. The number of hydrogen-bond acceptors (Lipinski definition) is 4. The minimum Gasteiger partial charge on any atom is -0.353 e. The summed E-state index contributed by atoms with van der Waals surface area (Å²) in [5, 5.41) is 0. The normalized spacial score (nSPS) is 26.9. The van der Waals surface area contributed by atoms with Gasteiger partial charge in [-0.1, -0.05) is 6.07 Å². The van der Waals surface area contributed by atoms with Crippen molar-refractivity contribution < 1.29 is 4.79 Å². The zero-order valence-electron chi connectivity index (χ0n) is 13.9. The highest BCUT2D eigenvalue weighted by molar-refractivity contribution is 5.83. The van der Waals surface area contributed by atoms with Crippen LogP contribution in [-0.2, 0) is 11.8 Å². The molecule has 2 aliphatic heterocycles. The van der Waals surface area contributed by atoms with E-state index in [2.05, 4.69) is 32.5 Å². The summed E-state index contributed by atoms with van der Waals surface area (Å²) in [5.74, 6) is 0.186. The topological polar surface area (TPSA) is 62.2 Å². The van der Waals surface area contributed by atoms with Gasteiger partial charge in [0.05, 0.1) is 12.1 Å². The van der Waals surface area contributed by atoms with Crippen molar-refractivity contribution in [2.45, 2.75) is 37.4 Å². The summed E-state index contributed by atoms with van der Waals surface area (Å²) in [4.78, 5) is 19.3. The monoisotopic (exact) mass is 325 g/mol. The van der Waals surface area contributed by atoms with Gasteiger partial charge >= 0.3 is 0 Å². The van der Waals surface area contributed by atoms with E-state index < -0.39 is 0 Å². The zero-order valence-corrected chi connectivity index (χ0v) is 13.9. The lowest BCUT2D eigenvalue weighted by Crippen LogP contribution is -2.45. The van der Waals surface area contributed by atoms with Gasteiger partial charge < -0.3 is 9.47 Å². The lowest BCUT2D eigenvalue weighted by molar-refractivity contribution is -0.134. The molecule has 0 aliphatic carbocycles. The number of nitrogens with zero attached hydrogens (tertiary/aromatic N) is 3. The van der Waals surface area contributed by atoms with Gasteiger partial charge in [0.15, 0.2) is 0 Å². The summed E-state index contributed by atoms with van der Waals surface area (Å²) in [5.41, 5.74) is 8.81. The quantitative estimate of drug-likeness (QED) is 0.901. The molecular formula is C18H23N5O. The van der Waals surface area contributed by atoms with Crippen LogP contribution >= 0.6 is 0 Å². The molecule has 2 aromatic rings. The molecule has 2 fully saturated rings. The molecule has 0 radical (unpaired) electrons. The molecule has 3 unspecified atom stereocenters. The minimum absolute atomic E-state index is 0.155. The molecule has 126 valence electrons. The Labute approximate surface area is 141 Å². The van der Waals surface area contributed by atoms with Crippen molar-refractivity contribution in [2.24, 2.45) is 7.05 Å². The third kappa shape index (κ3) is 2.72. The van der Waals surface area contributed by atoms with E-state index in [-0.39, 0.29) is 24.0 Å². The number of nitrogens with one attached hydrogen (secondary N) is 2. The van der Waals surface area contributed by atoms with Crippen LogP contribution in [0.25, 0.3) is 0 Å². The van der Waals surface area contributed by atoms with Gasteiger partial charge in [0.1, 0.15) is 6.04 Å². The van der Waals surface area contributed by atoms with Crippen LogP contribution in [0.4, 0.5) is 0 Å². The molecule has 4 rings (SSSR count). The minimum atomic E-state index is -0.179. The number of hydrazine groups is 1. The van der Waals surface area contributed by atoms with Crippen LogP contribution < -0.4 is 10.9 Å². The van der Waals surface area contributed by atoms with Crippen molar-refractivity contribution in [2.75, 3.05) is 6.54 Å². The first kappa shape index (κ1) is 15.4. The lowest BCUT2D eigenvalue weighted by atomic mass is 10.0. The second kappa shape index (κ2) is 6.37. The Morgan fingerprint density at radius 2 is 2.21 bits per heavy atom. The molecule has 2 saturated heterocycles. The largest absolute Gasteiger partial charge is 0.353 e. The molecule has 2 aliphatic rings. The Hall–Kier alpha value is -2.18. The highest BCUT2D eigenvalue weighted by atomic mass is 16.2. The summed E-state index contributed by atoms with van der Waals surface area (Å²) in [6.45, 7) is 0.825. The van der Waals surface area contributed by atoms with Crippen molar-refractivity contribution in [1.29, 1.82) is 0 Å². The first-order chi connectivity index (χ1) is 11.7. The van der Waals surface area contributed by atoms with E-state index in [0.29, 0.717) is 0 Å². The second-order valence-corrected chi connectivity index (χ2v) is 6.65. The van der Waals surface area contributed by atoms with E-state index in [0.717, 1.165) is 31.4 Å². The molecule has 0 aromatic carbocycles. The van der Waals surface area contributed by atoms with Crippen LogP contribution in [-0.4, -0.2) is 32.9 Å². The van der Waals surface area contributed by atoms with Crippen LogP contribution in [0.5, 0.6) is 0 Å². The van der Waals surface area contributed by atoms with Gasteiger partial charge in [0, 0.05) is 37.9 Å². The van der Waals surface area contributed by atoms with Crippen molar-refractivity contribution in [3.05, 3.63) is 54.1 Å². The fourth-order valence-electron chi connectivity index (χ4n) is 3.90. The van der Waals surface area contributed by atoms with Crippen molar-refractivity contribution in [3.63, 3.8) is 0 Å². The summed E-state index contributed by atoms with van der Waals surface area (Å²) >= 11 is 0. The fourth-order valence-corrected chi connectivity index (χ4v) is 3.90. The number of pyridine rings is 1. The predicted octanol–water partition coefficient (Wildman–Crippen LogP) is 1.69. The molecule has 6 heteroatoms. The Morgan fingerprint density at radius 1 is 1.29 bits per heavy atom. The van der Waals surface area contributed by atoms with E-state index in [1.807, 2.05) is 36.5 Å². The highest BCUT2D eigenvalue weighted by Crippen LogP contribution is 2.33. The highest BCUT2D eigenvalue weighted by Gasteiger charge is 2.38. The summed E-state index contributed by atoms with van der Waals surface area (Å²) in [6.07, 6.45) is 8.52. The van der Waals surface area contributed by atoms with Gasteiger partial charge in [0.2, 0.25) is 5.91 Å². The average molecular weight is 325 g/mol. The number of rotatable bonds is 3. The Kier molecular flexibility index (Phi) is 4.08. The molecule has 0 spiro atoms. The van der Waals surface area contributed by atoms with Gasteiger partial charge in [-0.3, -0.25) is 9.78 Å². The molecule has 6 nitrogen and oxygen atoms in total. The van der Waals surface area contributed by atoms with Crippen LogP contribution in [0.1, 0.15) is 42.6 Å². The molecule has 2 aromatic heterocycles. The third-order valence-electron chi connectivity index (χ3n) is 5.15. The molecule has 3 atom stereocenters. The average Bonchev–Trinajstić information content (AvgIpc) is 3.35. The summed E-state index contributed by atoms with van der Waals surface area (Å²) in [7, 11) is 2.03. The van der Waals surface area contributed by atoms with Gasteiger partial charge in [-0.25, -0.2) is 10.9 Å². The maximum absolute atomic E-state index is 13.0. The van der Waals surface area contributed by atoms with E-state index in [9.17, 15) is 4.79 Å². The van der Waals surface area contributed by atoms with Crippen molar-refractivity contribution >= 4 is 5.91 Å². The summed E-state index contributed by atoms with van der Waals surface area (Å²) in [6, 6.07) is 8.28. The molecule has 24 heavy (non-hydrogen) atoms. The summed E-state index contributed by atoms with van der Waals surface area (Å²) < 4.78 is 2.10. The SMILES string of the molecule is Cn1cccc1C1CC(C(=O)N2CCCC2c2cccnc2)NN1. The zero-order chi connectivity index (χ0) is 16.5. The molecule has 1 amide bonds. The van der Waals surface area contributed by atoms with E-state index in [4.69, 9.17) is 0 Å². The Bertz CT molecular complexity index is 713. The first-order valence-corrected chi connectivity index (χ1v) is 8.57. The van der Waals surface area contributed by atoms with Gasteiger partial charge in [-0.05, 0) is 43.0 Å². The second-order valence-electron chi connectivity index (χ2n) is 6.65. The molecule has 2 N–H and O–H groups in total. The smallest absolute Gasteiger partial charge is 0.241 e. The number of aryl methyl sites for hydroxylation is 1. The standard InChI is InChI=1S/C18H23N5O/c1-22-9-3-7-17(22)14-11-15(21-20-14)18(24)23-10-4-6-16(23)13-5-2-8-19-12-13/h2-3,5,7-9,12,14-16,20-21H,4,6,10-11H2,1H3. The van der Waals surface area contributed by atoms with E-state index in [1.54, 1.807) is 6.20 Å². The maximum Gasteiger partial charge on any atom is 0.241 e. The number of likely N-dealkylation sites (tertiary alicyclic amines) is 1. The number of carbonyl (C=O) groups excluding carboxylic acids is 1. The van der Waals surface area contributed by atoms with Crippen LogP contribution in [0.15, 0.2) is 42.9 Å². The van der Waals surface area contributed by atoms with E-state index >= 15 is 0 Å². The van der Waals surface area contributed by atoms with Gasteiger partial charge in [0.25, 0.3) is 0 Å². The van der Waals surface area contributed by atoms with Crippen LogP contribution in [0.2, 0.25) is 0 Å². The first-order valence-electron chi connectivity index (χ1n) is 8.57. The molecule has 4 heterocycles. The number of aromatic nitrogens is 2. The predicted molar refractivity (Wildman–Crippen MR) is 90.8 cm³/mol. The van der Waals surface area contributed by atoms with E-state index in [1.165, 1.54) is 5.69 Å². The maximum atomic E-state index is 13.0. The Morgan fingerprint density at radius 3 is 2.96 bits per heavy atom.